The molecule has 1 saturated heterocycles. The lowest BCUT2D eigenvalue weighted by Crippen LogP contribution is -2.39. The summed E-state index contributed by atoms with van der Waals surface area (Å²) in [5.74, 6) is 1.33. The Hall–Kier alpha value is -1.01. The molecule has 0 unspecified atom stereocenters. The Bertz CT molecular complexity index is 565. The Morgan fingerprint density at radius 1 is 1.32 bits per heavy atom. The van der Waals surface area contributed by atoms with Crippen LogP contribution in [-0.2, 0) is 5.41 Å². The van der Waals surface area contributed by atoms with Gasteiger partial charge in [-0.05, 0) is 32.4 Å². The molecule has 1 N–H and O–H groups in total. The highest BCUT2D eigenvalue weighted by atomic mass is 32.1. The van der Waals surface area contributed by atoms with Gasteiger partial charge in [0.25, 0.3) is 0 Å². The minimum absolute atomic E-state index is 0.241. The molecule has 0 spiro atoms. The predicted octanol–water partition coefficient (Wildman–Crippen LogP) is 2.34. The Labute approximate surface area is 117 Å². The van der Waals surface area contributed by atoms with E-state index in [0.29, 0.717) is 5.92 Å². The van der Waals surface area contributed by atoms with Crippen LogP contribution < -0.4 is 5.32 Å². The van der Waals surface area contributed by atoms with Crippen molar-refractivity contribution >= 4 is 16.3 Å². The topological polar surface area (TPSA) is 55.1 Å². The van der Waals surface area contributed by atoms with Crippen LogP contribution in [0.3, 0.4) is 0 Å². The standard InChI is InChI=1S/C13H21N5S/c1-4-13(5-7-14-8-6-13)11-17-18-10(9(2)3)15-16-12(18)19-11/h9,14H,4-8H2,1-3H3. The number of fused-ring (bicyclic) bond motifs is 1. The normalized spacial score (nSPS) is 19.4. The van der Waals surface area contributed by atoms with Crippen molar-refractivity contribution in [2.45, 2.75) is 51.4 Å². The van der Waals surface area contributed by atoms with Crippen LogP contribution in [0.15, 0.2) is 0 Å². The highest BCUT2D eigenvalue weighted by molar-refractivity contribution is 7.16. The van der Waals surface area contributed by atoms with Gasteiger partial charge in [0.1, 0.15) is 5.01 Å². The molecule has 0 atom stereocenters. The Kier molecular flexibility index (Phi) is 3.30. The lowest BCUT2D eigenvalue weighted by atomic mass is 9.77. The van der Waals surface area contributed by atoms with Crippen LogP contribution >= 0.6 is 11.3 Å². The molecule has 0 aromatic carbocycles. The number of hydrogen-bond donors (Lipinski definition) is 1. The third-order valence-electron chi connectivity index (χ3n) is 4.22. The Morgan fingerprint density at radius 3 is 2.68 bits per heavy atom. The lowest BCUT2D eigenvalue weighted by Gasteiger charge is -2.34. The van der Waals surface area contributed by atoms with Crippen molar-refractivity contribution < 1.29 is 0 Å². The van der Waals surface area contributed by atoms with E-state index >= 15 is 0 Å². The Balaban J connectivity index is 2.04. The van der Waals surface area contributed by atoms with Crippen LogP contribution in [0, 0.1) is 0 Å². The molecule has 1 fully saturated rings. The molecule has 3 rings (SSSR count). The third-order valence-corrected chi connectivity index (χ3v) is 5.37. The molecular weight excluding hydrogens is 258 g/mol. The van der Waals surface area contributed by atoms with E-state index in [-0.39, 0.29) is 5.41 Å². The Morgan fingerprint density at radius 2 is 2.05 bits per heavy atom. The largest absolute Gasteiger partial charge is 0.317 e. The first kappa shape index (κ1) is 13.0. The van der Waals surface area contributed by atoms with E-state index in [4.69, 9.17) is 5.10 Å². The van der Waals surface area contributed by atoms with Crippen molar-refractivity contribution in [3.8, 4) is 0 Å². The summed E-state index contributed by atoms with van der Waals surface area (Å²) in [5, 5.41) is 18.0. The van der Waals surface area contributed by atoms with Crippen molar-refractivity contribution in [2.24, 2.45) is 0 Å². The first-order valence-electron chi connectivity index (χ1n) is 7.09. The molecule has 5 nitrogen and oxygen atoms in total. The van der Waals surface area contributed by atoms with E-state index < -0.39 is 0 Å². The van der Waals surface area contributed by atoms with E-state index in [1.165, 1.54) is 17.8 Å². The molecular formula is C13H21N5S. The summed E-state index contributed by atoms with van der Waals surface area (Å²) in [7, 11) is 0. The second-order valence-electron chi connectivity index (χ2n) is 5.70. The average molecular weight is 279 g/mol. The summed E-state index contributed by atoms with van der Waals surface area (Å²) in [6.45, 7) is 8.72. The highest BCUT2D eigenvalue weighted by Crippen LogP contribution is 2.39. The van der Waals surface area contributed by atoms with Gasteiger partial charge in [0, 0.05) is 11.3 Å². The molecule has 0 saturated carbocycles. The number of nitrogens with one attached hydrogen (secondary N) is 1. The number of nitrogens with zero attached hydrogens (tertiary/aromatic N) is 4. The summed E-state index contributed by atoms with van der Waals surface area (Å²) in [4.78, 5) is 0.935. The number of rotatable bonds is 3. The van der Waals surface area contributed by atoms with E-state index in [1.54, 1.807) is 11.3 Å². The molecule has 1 aliphatic rings. The first-order valence-corrected chi connectivity index (χ1v) is 7.91. The van der Waals surface area contributed by atoms with Gasteiger partial charge >= 0.3 is 0 Å². The van der Waals surface area contributed by atoms with Crippen molar-refractivity contribution in [1.29, 1.82) is 0 Å². The zero-order chi connectivity index (χ0) is 13.5. The fraction of sp³-hybridized carbons (Fsp3) is 0.769. The minimum Gasteiger partial charge on any atom is -0.317 e. The molecule has 2 aromatic rings. The smallest absolute Gasteiger partial charge is 0.234 e. The molecule has 19 heavy (non-hydrogen) atoms. The van der Waals surface area contributed by atoms with E-state index in [2.05, 4.69) is 36.3 Å². The molecule has 0 amide bonds. The zero-order valence-corrected chi connectivity index (χ0v) is 12.6. The van der Waals surface area contributed by atoms with Crippen molar-refractivity contribution in [3.05, 3.63) is 10.8 Å². The highest BCUT2D eigenvalue weighted by Gasteiger charge is 2.36. The molecule has 104 valence electrons. The monoisotopic (exact) mass is 279 g/mol. The molecule has 2 aromatic heterocycles. The van der Waals surface area contributed by atoms with Crippen LogP contribution in [0.5, 0.6) is 0 Å². The van der Waals surface area contributed by atoms with Crippen molar-refractivity contribution in [2.75, 3.05) is 13.1 Å². The maximum atomic E-state index is 4.84. The van der Waals surface area contributed by atoms with E-state index in [0.717, 1.165) is 30.3 Å². The maximum Gasteiger partial charge on any atom is 0.234 e. The van der Waals surface area contributed by atoms with Gasteiger partial charge in [-0.2, -0.15) is 9.61 Å². The van der Waals surface area contributed by atoms with Crippen molar-refractivity contribution in [1.82, 2.24) is 25.1 Å². The fourth-order valence-corrected chi connectivity index (χ4v) is 3.99. The SMILES string of the molecule is CCC1(c2nn3c(C(C)C)nnc3s2)CCNCC1. The van der Waals surface area contributed by atoms with Crippen LogP contribution in [0.4, 0.5) is 0 Å². The number of piperidine rings is 1. The summed E-state index contributed by atoms with van der Waals surface area (Å²) < 4.78 is 1.95. The van der Waals surface area contributed by atoms with Crippen molar-refractivity contribution in [3.63, 3.8) is 0 Å². The average Bonchev–Trinajstić information content (AvgIpc) is 2.99. The summed E-state index contributed by atoms with van der Waals surface area (Å²) >= 11 is 1.72. The third kappa shape index (κ3) is 2.07. The van der Waals surface area contributed by atoms with Gasteiger partial charge in [-0.3, -0.25) is 0 Å². The van der Waals surface area contributed by atoms with Crippen LogP contribution in [0.2, 0.25) is 0 Å². The second kappa shape index (κ2) is 4.83. The lowest BCUT2D eigenvalue weighted by molar-refractivity contribution is 0.294. The zero-order valence-electron chi connectivity index (χ0n) is 11.8. The quantitative estimate of drug-likeness (QED) is 0.937. The minimum atomic E-state index is 0.241. The molecule has 0 radical (unpaired) electrons. The second-order valence-corrected chi connectivity index (χ2v) is 6.65. The molecule has 6 heteroatoms. The van der Waals surface area contributed by atoms with Gasteiger partial charge in [-0.1, -0.05) is 32.1 Å². The van der Waals surface area contributed by atoms with E-state index in [9.17, 15) is 0 Å². The van der Waals surface area contributed by atoms with Crippen LogP contribution in [-0.4, -0.2) is 32.9 Å². The number of hydrogen-bond acceptors (Lipinski definition) is 5. The van der Waals surface area contributed by atoms with Gasteiger partial charge in [0.05, 0.1) is 0 Å². The number of aromatic nitrogens is 4. The van der Waals surface area contributed by atoms with E-state index in [1.807, 2.05) is 4.52 Å². The predicted molar refractivity (Wildman–Crippen MR) is 76.8 cm³/mol. The van der Waals surface area contributed by atoms with Gasteiger partial charge in [-0.25, -0.2) is 0 Å². The van der Waals surface area contributed by atoms with Gasteiger partial charge < -0.3 is 5.32 Å². The van der Waals surface area contributed by atoms with Gasteiger partial charge in [0.2, 0.25) is 4.96 Å². The van der Waals surface area contributed by atoms with Gasteiger partial charge in [0.15, 0.2) is 5.82 Å². The molecule has 0 aliphatic carbocycles. The molecule has 1 aliphatic heterocycles. The summed E-state index contributed by atoms with van der Waals surface area (Å²) in [5.41, 5.74) is 0.241. The van der Waals surface area contributed by atoms with Gasteiger partial charge in [-0.15, -0.1) is 10.2 Å². The first-order chi connectivity index (χ1) is 9.16. The van der Waals surface area contributed by atoms with Crippen LogP contribution in [0.1, 0.15) is 56.8 Å². The summed E-state index contributed by atoms with van der Waals surface area (Å²) in [6.07, 6.45) is 3.49. The van der Waals surface area contributed by atoms with Crippen LogP contribution in [0.25, 0.3) is 4.96 Å². The summed E-state index contributed by atoms with van der Waals surface area (Å²) in [6, 6.07) is 0. The fourth-order valence-electron chi connectivity index (χ4n) is 2.83. The molecule has 3 heterocycles. The molecule has 0 bridgehead atoms. The maximum absolute atomic E-state index is 4.84.